The van der Waals surface area contributed by atoms with Gasteiger partial charge in [0.15, 0.2) is 0 Å². The first-order valence-electron chi connectivity index (χ1n) is 8.24. The van der Waals surface area contributed by atoms with Gasteiger partial charge < -0.3 is 9.64 Å². The van der Waals surface area contributed by atoms with E-state index in [2.05, 4.69) is 14.6 Å². The lowest BCUT2D eigenvalue weighted by atomic mass is 10.2. The number of aromatic nitrogens is 1. The van der Waals surface area contributed by atoms with Gasteiger partial charge in [-0.25, -0.2) is 18.1 Å². The van der Waals surface area contributed by atoms with E-state index in [4.69, 9.17) is 4.74 Å². The number of anilines is 1. The van der Waals surface area contributed by atoms with Crippen LogP contribution in [0.3, 0.4) is 0 Å². The van der Waals surface area contributed by atoms with Gasteiger partial charge in [0.1, 0.15) is 10.7 Å². The van der Waals surface area contributed by atoms with Crippen LogP contribution >= 0.6 is 0 Å². The molecule has 1 fully saturated rings. The third-order valence-electron chi connectivity index (χ3n) is 4.08. The molecule has 23 heavy (non-hydrogen) atoms. The van der Waals surface area contributed by atoms with Gasteiger partial charge in [0.2, 0.25) is 10.0 Å². The molecule has 1 aromatic rings. The zero-order chi connectivity index (χ0) is 17.0. The zero-order valence-electron chi connectivity index (χ0n) is 14.3. The quantitative estimate of drug-likeness (QED) is 0.858. The minimum Gasteiger partial charge on any atom is -0.372 e. The Kier molecular flexibility index (Phi) is 6.00. The highest BCUT2D eigenvalue weighted by Crippen LogP contribution is 2.20. The third kappa shape index (κ3) is 4.65. The number of sulfonamides is 1. The van der Waals surface area contributed by atoms with Crippen LogP contribution in [0, 0.1) is 0 Å². The number of rotatable bonds is 6. The summed E-state index contributed by atoms with van der Waals surface area (Å²) in [5.41, 5.74) is 0. The minimum atomic E-state index is -3.51. The summed E-state index contributed by atoms with van der Waals surface area (Å²) in [6.45, 7) is 9.52. The fourth-order valence-electron chi connectivity index (χ4n) is 2.83. The van der Waals surface area contributed by atoms with E-state index in [-0.39, 0.29) is 23.1 Å². The number of hydrogen-bond donors (Lipinski definition) is 1. The van der Waals surface area contributed by atoms with E-state index in [1.165, 1.54) is 6.20 Å². The summed E-state index contributed by atoms with van der Waals surface area (Å²) in [7, 11) is -3.51. The lowest BCUT2D eigenvalue weighted by molar-refractivity contribution is -0.00546. The number of nitrogens with zero attached hydrogens (tertiary/aromatic N) is 2. The summed E-state index contributed by atoms with van der Waals surface area (Å²) in [5, 5.41) is 0. The van der Waals surface area contributed by atoms with Gasteiger partial charge in [0.25, 0.3) is 0 Å². The highest BCUT2D eigenvalue weighted by Gasteiger charge is 2.24. The second-order valence-corrected chi connectivity index (χ2v) is 7.86. The average molecular weight is 341 g/mol. The van der Waals surface area contributed by atoms with Gasteiger partial charge in [-0.1, -0.05) is 13.8 Å². The largest absolute Gasteiger partial charge is 0.372 e. The number of pyridine rings is 1. The molecule has 1 aliphatic rings. The van der Waals surface area contributed by atoms with Gasteiger partial charge in [-0.2, -0.15) is 0 Å². The summed E-state index contributed by atoms with van der Waals surface area (Å²) in [6, 6.07) is 3.35. The Balaban J connectivity index is 2.12. The highest BCUT2D eigenvalue weighted by atomic mass is 32.2. The molecule has 0 spiro atoms. The molecule has 2 rings (SSSR count). The molecule has 0 radical (unpaired) electrons. The first kappa shape index (κ1) is 18.2. The van der Waals surface area contributed by atoms with Gasteiger partial charge in [0.05, 0.1) is 12.2 Å². The van der Waals surface area contributed by atoms with Crippen molar-refractivity contribution in [1.82, 2.24) is 9.71 Å². The second-order valence-electron chi connectivity index (χ2n) is 6.15. The van der Waals surface area contributed by atoms with Crippen molar-refractivity contribution < 1.29 is 13.2 Å². The minimum absolute atomic E-state index is 0.0411. The highest BCUT2D eigenvalue weighted by molar-refractivity contribution is 7.89. The van der Waals surface area contributed by atoms with Crippen LogP contribution in [-0.4, -0.2) is 44.7 Å². The van der Waals surface area contributed by atoms with Crippen molar-refractivity contribution in [2.75, 3.05) is 18.0 Å². The maximum absolute atomic E-state index is 12.4. The Hall–Kier alpha value is -1.18. The maximum atomic E-state index is 12.4. The first-order valence-corrected chi connectivity index (χ1v) is 9.72. The Morgan fingerprint density at radius 3 is 2.35 bits per heavy atom. The van der Waals surface area contributed by atoms with Crippen molar-refractivity contribution in [3.8, 4) is 0 Å². The van der Waals surface area contributed by atoms with Crippen LogP contribution in [0.15, 0.2) is 23.2 Å². The molecular weight excluding hydrogens is 314 g/mol. The van der Waals surface area contributed by atoms with Gasteiger partial charge in [0, 0.05) is 25.3 Å². The van der Waals surface area contributed by atoms with E-state index in [1.807, 2.05) is 27.7 Å². The molecule has 1 N–H and O–H groups in total. The van der Waals surface area contributed by atoms with E-state index in [0.717, 1.165) is 31.7 Å². The number of nitrogens with one attached hydrogen (secondary N) is 1. The van der Waals surface area contributed by atoms with Gasteiger partial charge in [-0.05, 0) is 38.8 Å². The standard InChI is InChI=1S/C16H27N3O3S/c1-5-14(6-2)18-23(20,21)15-7-8-16(17-9-15)19-10-12(3)22-13(4)11-19/h7-9,12-14,18H,5-6,10-11H2,1-4H3/t12-,13-/m0/s1. The third-order valence-corrected chi connectivity index (χ3v) is 5.59. The van der Waals surface area contributed by atoms with Crippen LogP contribution in [0.2, 0.25) is 0 Å². The summed E-state index contributed by atoms with van der Waals surface area (Å²) in [5.74, 6) is 0.786. The van der Waals surface area contributed by atoms with Crippen molar-refractivity contribution in [3.05, 3.63) is 18.3 Å². The predicted octanol–water partition coefficient (Wildman–Crippen LogP) is 2.16. The molecule has 0 amide bonds. The summed E-state index contributed by atoms with van der Waals surface area (Å²) >= 11 is 0. The number of ether oxygens (including phenoxy) is 1. The van der Waals surface area contributed by atoms with E-state index in [1.54, 1.807) is 12.1 Å². The van der Waals surface area contributed by atoms with Crippen LogP contribution in [0.1, 0.15) is 40.5 Å². The molecule has 0 bridgehead atoms. The summed E-state index contributed by atoms with van der Waals surface area (Å²) in [4.78, 5) is 6.69. The molecule has 0 saturated carbocycles. The molecule has 7 heteroatoms. The molecule has 0 unspecified atom stereocenters. The smallest absolute Gasteiger partial charge is 0.242 e. The monoisotopic (exact) mass is 341 g/mol. The van der Waals surface area contributed by atoms with Crippen molar-refractivity contribution in [3.63, 3.8) is 0 Å². The molecule has 0 aliphatic carbocycles. The number of hydrogen-bond acceptors (Lipinski definition) is 5. The summed E-state index contributed by atoms with van der Waals surface area (Å²) in [6.07, 6.45) is 3.25. The van der Waals surface area contributed by atoms with Crippen LogP contribution in [0.5, 0.6) is 0 Å². The van der Waals surface area contributed by atoms with Gasteiger partial charge in [-0.15, -0.1) is 0 Å². The molecular formula is C16H27N3O3S. The van der Waals surface area contributed by atoms with Crippen LogP contribution in [0.25, 0.3) is 0 Å². The van der Waals surface area contributed by atoms with Crippen LogP contribution < -0.4 is 9.62 Å². The Bertz CT molecular complexity index is 590. The lowest BCUT2D eigenvalue weighted by Crippen LogP contribution is -2.45. The molecule has 1 aliphatic heterocycles. The zero-order valence-corrected chi connectivity index (χ0v) is 15.1. The Morgan fingerprint density at radius 2 is 1.87 bits per heavy atom. The normalized spacial score (nSPS) is 22.6. The fourth-order valence-corrected chi connectivity index (χ4v) is 4.17. The Morgan fingerprint density at radius 1 is 1.26 bits per heavy atom. The van der Waals surface area contributed by atoms with Crippen molar-refractivity contribution in [1.29, 1.82) is 0 Å². The average Bonchev–Trinajstić information content (AvgIpc) is 2.52. The second kappa shape index (κ2) is 7.59. The van der Waals surface area contributed by atoms with Gasteiger partial charge in [-0.3, -0.25) is 0 Å². The van der Waals surface area contributed by atoms with Crippen LogP contribution in [0.4, 0.5) is 5.82 Å². The molecule has 1 saturated heterocycles. The lowest BCUT2D eigenvalue weighted by Gasteiger charge is -2.36. The predicted molar refractivity (Wildman–Crippen MR) is 91.2 cm³/mol. The molecule has 2 heterocycles. The van der Waals surface area contributed by atoms with Crippen molar-refractivity contribution >= 4 is 15.8 Å². The molecule has 1 aromatic heterocycles. The summed E-state index contributed by atoms with van der Waals surface area (Å²) < 4.78 is 33.2. The van der Waals surface area contributed by atoms with E-state index < -0.39 is 10.0 Å². The topological polar surface area (TPSA) is 71.5 Å². The molecule has 0 aromatic carbocycles. The molecule has 6 nitrogen and oxygen atoms in total. The number of morpholine rings is 1. The van der Waals surface area contributed by atoms with Crippen molar-refractivity contribution in [2.24, 2.45) is 0 Å². The van der Waals surface area contributed by atoms with E-state index in [9.17, 15) is 8.42 Å². The van der Waals surface area contributed by atoms with E-state index in [0.29, 0.717) is 0 Å². The fraction of sp³-hybridized carbons (Fsp3) is 0.688. The van der Waals surface area contributed by atoms with Gasteiger partial charge >= 0.3 is 0 Å². The molecule has 130 valence electrons. The first-order chi connectivity index (χ1) is 10.9. The van der Waals surface area contributed by atoms with E-state index >= 15 is 0 Å². The van der Waals surface area contributed by atoms with Crippen molar-refractivity contribution in [2.45, 2.75) is 63.7 Å². The van der Waals surface area contributed by atoms with Crippen LogP contribution in [-0.2, 0) is 14.8 Å². The maximum Gasteiger partial charge on any atom is 0.242 e. The molecule has 2 atom stereocenters. The Labute approximate surface area is 139 Å². The SMILES string of the molecule is CCC(CC)NS(=O)(=O)c1ccc(N2C[C@H](C)O[C@@H](C)C2)nc1.